The van der Waals surface area contributed by atoms with Gasteiger partial charge in [0.05, 0.1) is 11.1 Å². The minimum absolute atomic E-state index is 0.104. The van der Waals surface area contributed by atoms with Crippen LogP contribution < -0.4 is 5.43 Å². The van der Waals surface area contributed by atoms with E-state index >= 15 is 0 Å². The van der Waals surface area contributed by atoms with E-state index in [1.165, 1.54) is 29.0 Å². The first-order valence-electron chi connectivity index (χ1n) is 5.69. The van der Waals surface area contributed by atoms with Crippen LogP contribution in [0, 0.1) is 6.92 Å². The molecule has 0 aliphatic heterocycles. The van der Waals surface area contributed by atoms with Gasteiger partial charge >= 0.3 is 6.18 Å². The highest BCUT2D eigenvalue weighted by molar-refractivity contribution is 5.74. The quantitative estimate of drug-likeness (QED) is 0.794. The molecule has 0 atom stereocenters. The molecular weight excluding hydrogens is 271 g/mol. The van der Waals surface area contributed by atoms with Gasteiger partial charge in [-0.2, -0.15) is 13.2 Å². The highest BCUT2D eigenvalue weighted by Crippen LogP contribution is 2.30. The number of hydrogen-bond donors (Lipinski definition) is 0. The third kappa shape index (κ3) is 2.64. The van der Waals surface area contributed by atoms with E-state index in [0.717, 1.165) is 12.1 Å². The van der Waals surface area contributed by atoms with Crippen molar-refractivity contribution in [1.82, 2.24) is 4.57 Å². The van der Waals surface area contributed by atoms with Crippen LogP contribution in [0.15, 0.2) is 41.3 Å². The van der Waals surface area contributed by atoms with Crippen molar-refractivity contribution in [1.29, 1.82) is 0 Å². The van der Waals surface area contributed by atoms with Gasteiger partial charge in [0.25, 0.3) is 0 Å². The predicted molar refractivity (Wildman–Crippen MR) is 67.2 cm³/mol. The van der Waals surface area contributed by atoms with Gasteiger partial charge in [-0.05, 0) is 25.1 Å². The van der Waals surface area contributed by atoms with Crippen molar-refractivity contribution >= 4 is 6.29 Å². The van der Waals surface area contributed by atoms with Crippen molar-refractivity contribution in [2.75, 3.05) is 0 Å². The normalized spacial score (nSPS) is 11.4. The monoisotopic (exact) mass is 281 g/mol. The molecule has 0 spiro atoms. The lowest BCUT2D eigenvalue weighted by Gasteiger charge is -2.13. The Morgan fingerprint density at radius 2 is 1.90 bits per heavy atom. The number of aromatic nitrogens is 1. The van der Waals surface area contributed by atoms with E-state index in [2.05, 4.69) is 0 Å². The third-order valence-electron chi connectivity index (χ3n) is 2.85. The Morgan fingerprint density at radius 3 is 2.50 bits per heavy atom. The lowest BCUT2D eigenvalue weighted by molar-refractivity contribution is -0.137. The minimum atomic E-state index is -4.45. The number of aryl methyl sites for hydroxylation is 1. The van der Waals surface area contributed by atoms with Crippen molar-refractivity contribution in [2.45, 2.75) is 13.1 Å². The van der Waals surface area contributed by atoms with Gasteiger partial charge < -0.3 is 4.57 Å². The van der Waals surface area contributed by atoms with E-state index in [0.29, 0.717) is 12.0 Å². The predicted octanol–water partition coefficient (Wildman–Crippen LogP) is 2.98. The average molecular weight is 281 g/mol. The van der Waals surface area contributed by atoms with Crippen LogP contribution in [0.3, 0.4) is 0 Å². The molecule has 0 aliphatic carbocycles. The first-order chi connectivity index (χ1) is 9.32. The zero-order chi connectivity index (χ0) is 14.9. The lowest BCUT2D eigenvalue weighted by atomic mass is 10.1. The molecular formula is C14H10F3NO2. The number of hydrogen-bond acceptors (Lipinski definition) is 2. The molecule has 2 rings (SSSR count). The number of halogens is 3. The Hall–Kier alpha value is -2.37. The van der Waals surface area contributed by atoms with Gasteiger partial charge in [0.2, 0.25) is 0 Å². The average Bonchev–Trinajstić information content (AvgIpc) is 2.38. The Bertz CT molecular complexity index is 717. The second-order valence-corrected chi connectivity index (χ2v) is 4.27. The fraction of sp³-hybridized carbons (Fsp3) is 0.143. The van der Waals surface area contributed by atoms with E-state index < -0.39 is 17.2 Å². The molecule has 0 N–H and O–H groups in total. The number of carbonyl (C=O) groups is 1. The van der Waals surface area contributed by atoms with Crippen molar-refractivity contribution in [3.05, 3.63) is 63.6 Å². The third-order valence-corrected chi connectivity index (χ3v) is 2.85. The minimum Gasteiger partial charge on any atom is -0.320 e. The van der Waals surface area contributed by atoms with Crippen LogP contribution in [0.4, 0.5) is 13.2 Å². The molecule has 3 nitrogen and oxygen atoms in total. The van der Waals surface area contributed by atoms with Crippen molar-refractivity contribution in [3.63, 3.8) is 0 Å². The summed E-state index contributed by atoms with van der Waals surface area (Å²) in [4.78, 5) is 22.2. The van der Waals surface area contributed by atoms with Crippen LogP contribution in [-0.4, -0.2) is 10.9 Å². The van der Waals surface area contributed by atoms with Crippen LogP contribution in [0.1, 0.15) is 21.6 Å². The number of rotatable bonds is 2. The van der Waals surface area contributed by atoms with Crippen LogP contribution in [-0.2, 0) is 6.18 Å². The molecule has 0 unspecified atom stereocenters. The van der Waals surface area contributed by atoms with Crippen molar-refractivity contribution in [3.8, 4) is 5.69 Å². The molecule has 1 heterocycles. The highest BCUT2D eigenvalue weighted by Gasteiger charge is 2.30. The number of pyridine rings is 1. The molecule has 0 saturated carbocycles. The van der Waals surface area contributed by atoms with Crippen LogP contribution in [0.25, 0.3) is 5.69 Å². The number of nitrogens with zero attached hydrogens (tertiary/aromatic N) is 1. The fourth-order valence-electron chi connectivity index (χ4n) is 1.85. The van der Waals surface area contributed by atoms with Gasteiger partial charge in [0, 0.05) is 23.6 Å². The first kappa shape index (κ1) is 14.0. The molecule has 1 aromatic carbocycles. The Morgan fingerprint density at radius 1 is 1.20 bits per heavy atom. The molecule has 0 saturated heterocycles. The first-order valence-corrected chi connectivity index (χ1v) is 5.69. The second-order valence-electron chi connectivity index (χ2n) is 4.27. The zero-order valence-corrected chi connectivity index (χ0v) is 10.4. The number of alkyl halides is 3. The maximum Gasteiger partial charge on any atom is 0.416 e. The summed E-state index contributed by atoms with van der Waals surface area (Å²) in [5.41, 5.74) is -0.671. The highest BCUT2D eigenvalue weighted by atomic mass is 19.4. The lowest BCUT2D eigenvalue weighted by Crippen LogP contribution is -2.14. The van der Waals surface area contributed by atoms with E-state index in [1.807, 2.05) is 0 Å². The van der Waals surface area contributed by atoms with Crippen LogP contribution >= 0.6 is 0 Å². The molecule has 1 aromatic heterocycles. The Kier molecular flexibility index (Phi) is 3.48. The Balaban J connectivity index is 2.63. The van der Waals surface area contributed by atoms with Gasteiger partial charge in [0.15, 0.2) is 11.7 Å². The molecule has 0 bridgehead atoms. The standard InChI is InChI=1S/C14H10F3NO2/c1-9-5-13(20)10(8-19)7-18(9)12-4-2-3-11(6-12)14(15,16)17/h2-8H,1H3. The molecule has 2 aromatic rings. The summed E-state index contributed by atoms with van der Waals surface area (Å²) in [6, 6.07) is 5.88. The SMILES string of the molecule is Cc1cc(=O)c(C=O)cn1-c1cccc(C(F)(F)F)c1. The van der Waals surface area contributed by atoms with Crippen LogP contribution in [0.5, 0.6) is 0 Å². The summed E-state index contributed by atoms with van der Waals surface area (Å²) in [5.74, 6) is 0. The number of aldehydes is 1. The van der Waals surface area contributed by atoms with Crippen LogP contribution in [0.2, 0.25) is 0 Å². The molecule has 20 heavy (non-hydrogen) atoms. The maximum atomic E-state index is 12.7. The van der Waals surface area contributed by atoms with E-state index in [-0.39, 0.29) is 11.3 Å². The van der Waals surface area contributed by atoms with Gasteiger partial charge in [0.1, 0.15) is 0 Å². The van der Waals surface area contributed by atoms with E-state index in [1.54, 1.807) is 6.92 Å². The molecule has 0 radical (unpaired) electrons. The maximum absolute atomic E-state index is 12.7. The summed E-state index contributed by atoms with van der Waals surface area (Å²) < 4.78 is 39.4. The number of carbonyl (C=O) groups excluding carboxylic acids is 1. The molecule has 6 heteroatoms. The zero-order valence-electron chi connectivity index (χ0n) is 10.4. The van der Waals surface area contributed by atoms with Gasteiger partial charge in [-0.1, -0.05) is 6.07 Å². The van der Waals surface area contributed by atoms with E-state index in [4.69, 9.17) is 0 Å². The molecule has 0 fully saturated rings. The second kappa shape index (κ2) is 4.96. The topological polar surface area (TPSA) is 39.1 Å². The van der Waals surface area contributed by atoms with Gasteiger partial charge in [-0.25, -0.2) is 0 Å². The smallest absolute Gasteiger partial charge is 0.320 e. The summed E-state index contributed by atoms with van der Waals surface area (Å²) in [7, 11) is 0. The number of benzene rings is 1. The molecule has 0 aliphatic rings. The summed E-state index contributed by atoms with van der Waals surface area (Å²) >= 11 is 0. The van der Waals surface area contributed by atoms with Crippen molar-refractivity contribution in [2.24, 2.45) is 0 Å². The Labute approximate surface area is 112 Å². The van der Waals surface area contributed by atoms with Gasteiger partial charge in [-0.3, -0.25) is 9.59 Å². The summed E-state index contributed by atoms with van der Waals surface area (Å²) in [5, 5.41) is 0. The largest absolute Gasteiger partial charge is 0.416 e. The summed E-state index contributed by atoms with van der Waals surface area (Å²) in [6.45, 7) is 1.58. The van der Waals surface area contributed by atoms with Gasteiger partial charge in [-0.15, -0.1) is 0 Å². The fourth-order valence-corrected chi connectivity index (χ4v) is 1.85. The summed E-state index contributed by atoms with van der Waals surface area (Å²) in [6.07, 6.45) is -2.83. The molecule has 0 amide bonds. The van der Waals surface area contributed by atoms with E-state index in [9.17, 15) is 22.8 Å². The molecule has 104 valence electrons. The van der Waals surface area contributed by atoms with Crippen molar-refractivity contribution < 1.29 is 18.0 Å².